The van der Waals surface area contributed by atoms with Crippen LogP contribution in [0.3, 0.4) is 0 Å². The summed E-state index contributed by atoms with van der Waals surface area (Å²) in [5, 5.41) is 3.23. The molecule has 0 saturated carbocycles. The summed E-state index contributed by atoms with van der Waals surface area (Å²) in [5.74, 6) is 1.78. The third-order valence-electron chi connectivity index (χ3n) is 5.27. The van der Waals surface area contributed by atoms with E-state index >= 15 is 0 Å². The summed E-state index contributed by atoms with van der Waals surface area (Å²) in [6.07, 6.45) is 1.42. The molecule has 2 aliphatic heterocycles. The molecule has 6 nitrogen and oxygen atoms in total. The van der Waals surface area contributed by atoms with Crippen molar-refractivity contribution in [2.75, 3.05) is 26.2 Å². The van der Waals surface area contributed by atoms with Crippen molar-refractivity contribution in [2.45, 2.75) is 44.8 Å². The molecule has 1 amide bonds. The van der Waals surface area contributed by atoms with Gasteiger partial charge in [0, 0.05) is 31.1 Å². The predicted octanol–water partition coefficient (Wildman–Crippen LogP) is 3.12. The smallest absolute Gasteiger partial charge is 0.253 e. The molecule has 2 aliphatic rings. The van der Waals surface area contributed by atoms with Gasteiger partial charge in [0.15, 0.2) is 0 Å². The largest absolute Gasteiger partial charge is 0.442 e. The van der Waals surface area contributed by atoms with Crippen LogP contribution < -0.4 is 5.32 Å². The minimum Gasteiger partial charge on any atom is -0.442 e. The first kappa shape index (κ1) is 18.2. The molecular formula is C21H27N3O3. The van der Waals surface area contributed by atoms with Crippen molar-refractivity contribution in [3.8, 4) is 11.3 Å². The van der Waals surface area contributed by atoms with Crippen molar-refractivity contribution in [3.63, 3.8) is 0 Å². The zero-order chi connectivity index (χ0) is 18.8. The van der Waals surface area contributed by atoms with Crippen molar-refractivity contribution in [2.24, 2.45) is 0 Å². The Morgan fingerprint density at radius 1 is 1.30 bits per heavy atom. The Hall–Kier alpha value is -2.18. The van der Waals surface area contributed by atoms with E-state index in [0.29, 0.717) is 19.0 Å². The quantitative estimate of drug-likeness (QED) is 0.897. The number of hydrogen-bond donors (Lipinski definition) is 1. The van der Waals surface area contributed by atoms with Crippen LogP contribution >= 0.6 is 0 Å². The van der Waals surface area contributed by atoms with Crippen molar-refractivity contribution >= 4 is 5.91 Å². The molecule has 2 aromatic rings. The van der Waals surface area contributed by atoms with E-state index in [0.717, 1.165) is 42.9 Å². The highest BCUT2D eigenvalue weighted by atomic mass is 16.5. The van der Waals surface area contributed by atoms with Crippen molar-refractivity contribution in [1.82, 2.24) is 15.2 Å². The molecule has 0 spiro atoms. The summed E-state index contributed by atoms with van der Waals surface area (Å²) in [6, 6.07) is 9.99. The lowest BCUT2D eigenvalue weighted by Crippen LogP contribution is -2.49. The van der Waals surface area contributed by atoms with Crippen LogP contribution in [0.15, 0.2) is 34.7 Å². The highest BCUT2D eigenvalue weighted by Gasteiger charge is 2.38. The van der Waals surface area contributed by atoms with Crippen molar-refractivity contribution in [1.29, 1.82) is 0 Å². The predicted molar refractivity (Wildman–Crippen MR) is 102 cm³/mol. The number of hydrogen-bond acceptors (Lipinski definition) is 5. The van der Waals surface area contributed by atoms with E-state index in [1.807, 2.05) is 35.2 Å². The molecule has 0 bridgehead atoms. The second kappa shape index (κ2) is 7.82. The molecule has 2 atom stereocenters. The third kappa shape index (κ3) is 3.64. The fourth-order valence-electron chi connectivity index (χ4n) is 3.88. The highest BCUT2D eigenvalue weighted by molar-refractivity contribution is 5.82. The molecule has 0 radical (unpaired) electrons. The van der Waals surface area contributed by atoms with E-state index in [4.69, 9.17) is 14.1 Å². The number of likely N-dealkylation sites (tertiary alicyclic amines) is 1. The van der Waals surface area contributed by atoms with Gasteiger partial charge >= 0.3 is 0 Å². The van der Waals surface area contributed by atoms with Crippen LogP contribution in [0.2, 0.25) is 0 Å². The maximum atomic E-state index is 13.0. The highest BCUT2D eigenvalue weighted by Crippen LogP contribution is 2.37. The second-order valence-electron chi connectivity index (χ2n) is 7.54. The lowest BCUT2D eigenvalue weighted by molar-refractivity contribution is -0.146. The van der Waals surface area contributed by atoms with Gasteiger partial charge in [-0.05, 0) is 12.8 Å². The Bertz CT molecular complexity index is 781. The summed E-state index contributed by atoms with van der Waals surface area (Å²) in [5.41, 5.74) is 1.93. The first-order valence-electron chi connectivity index (χ1n) is 9.84. The summed E-state index contributed by atoms with van der Waals surface area (Å²) in [6.45, 7) is 6.88. The zero-order valence-corrected chi connectivity index (χ0v) is 16.0. The number of nitrogens with one attached hydrogen (secondary N) is 1. The standard InChI is InChI=1S/C21H27N3O3/c1-14(2)19-18(15-7-4-3-5-8-15)23-20(27-19)16-9-6-11-24(16)21(25)17-13-22-10-12-26-17/h3-5,7-8,14,16-17,22H,6,9-13H2,1-2H3. The van der Waals surface area contributed by atoms with Gasteiger partial charge in [-0.3, -0.25) is 4.79 Å². The van der Waals surface area contributed by atoms with Gasteiger partial charge in [0.25, 0.3) is 5.91 Å². The van der Waals surface area contributed by atoms with E-state index < -0.39 is 6.10 Å². The van der Waals surface area contributed by atoms with Gasteiger partial charge in [0.1, 0.15) is 23.6 Å². The van der Waals surface area contributed by atoms with E-state index in [-0.39, 0.29) is 17.9 Å². The maximum Gasteiger partial charge on any atom is 0.253 e. The minimum absolute atomic E-state index is 0.0373. The monoisotopic (exact) mass is 369 g/mol. The van der Waals surface area contributed by atoms with Gasteiger partial charge in [0.2, 0.25) is 5.89 Å². The maximum absolute atomic E-state index is 13.0. The Morgan fingerprint density at radius 3 is 2.81 bits per heavy atom. The van der Waals surface area contributed by atoms with Crippen LogP contribution in [-0.4, -0.2) is 48.1 Å². The average molecular weight is 369 g/mol. The van der Waals surface area contributed by atoms with E-state index in [1.165, 1.54) is 0 Å². The summed E-state index contributed by atoms with van der Waals surface area (Å²) >= 11 is 0. The van der Waals surface area contributed by atoms with E-state index in [9.17, 15) is 4.79 Å². The molecule has 3 heterocycles. The molecule has 144 valence electrons. The molecule has 1 aromatic heterocycles. The van der Waals surface area contributed by atoms with Gasteiger partial charge in [-0.1, -0.05) is 44.2 Å². The molecule has 0 aliphatic carbocycles. The molecule has 1 aromatic carbocycles. The fraction of sp³-hybridized carbons (Fsp3) is 0.524. The van der Waals surface area contributed by atoms with E-state index in [2.05, 4.69) is 19.2 Å². The lowest BCUT2D eigenvalue weighted by atomic mass is 10.0. The fourth-order valence-corrected chi connectivity index (χ4v) is 3.88. The number of ether oxygens (including phenoxy) is 1. The van der Waals surface area contributed by atoms with Crippen molar-refractivity contribution in [3.05, 3.63) is 42.0 Å². The Morgan fingerprint density at radius 2 is 2.11 bits per heavy atom. The number of aromatic nitrogens is 1. The first-order chi connectivity index (χ1) is 13.1. The van der Waals surface area contributed by atoms with Gasteiger partial charge < -0.3 is 19.4 Å². The van der Waals surface area contributed by atoms with Gasteiger partial charge in [-0.25, -0.2) is 4.98 Å². The molecular weight excluding hydrogens is 342 g/mol. The summed E-state index contributed by atoms with van der Waals surface area (Å²) in [4.78, 5) is 19.7. The number of oxazole rings is 1. The number of carbonyl (C=O) groups excluding carboxylic acids is 1. The van der Waals surface area contributed by atoms with E-state index in [1.54, 1.807) is 0 Å². The number of amides is 1. The Labute approximate surface area is 159 Å². The first-order valence-corrected chi connectivity index (χ1v) is 9.84. The normalized spacial score (nSPS) is 23.1. The number of rotatable bonds is 4. The lowest BCUT2D eigenvalue weighted by Gasteiger charge is -2.29. The van der Waals surface area contributed by atoms with Crippen LogP contribution in [0.5, 0.6) is 0 Å². The summed E-state index contributed by atoms with van der Waals surface area (Å²) in [7, 11) is 0. The van der Waals surface area contributed by atoms with Crippen LogP contribution in [0.1, 0.15) is 50.3 Å². The van der Waals surface area contributed by atoms with Gasteiger partial charge in [-0.15, -0.1) is 0 Å². The number of carbonyl (C=O) groups is 1. The molecule has 1 N–H and O–H groups in total. The molecule has 4 rings (SSSR count). The minimum atomic E-state index is -0.410. The topological polar surface area (TPSA) is 67.6 Å². The molecule has 6 heteroatoms. The molecule has 2 fully saturated rings. The Kier molecular flexibility index (Phi) is 5.27. The zero-order valence-electron chi connectivity index (χ0n) is 16.0. The van der Waals surface area contributed by atoms with Crippen LogP contribution in [0.25, 0.3) is 11.3 Å². The SMILES string of the molecule is CC(C)c1oc(C2CCCN2C(=O)C2CNCCO2)nc1-c1ccccc1. The number of benzene rings is 1. The molecule has 2 unspecified atom stereocenters. The van der Waals surface area contributed by atoms with Crippen LogP contribution in [0, 0.1) is 0 Å². The summed E-state index contributed by atoms with van der Waals surface area (Å²) < 4.78 is 11.9. The third-order valence-corrected chi connectivity index (χ3v) is 5.27. The van der Waals surface area contributed by atoms with Crippen LogP contribution in [-0.2, 0) is 9.53 Å². The Balaban J connectivity index is 1.63. The van der Waals surface area contributed by atoms with Crippen molar-refractivity contribution < 1.29 is 13.9 Å². The molecule has 2 saturated heterocycles. The van der Waals surface area contributed by atoms with Gasteiger partial charge in [0.05, 0.1) is 6.61 Å². The number of nitrogens with zero attached hydrogens (tertiary/aromatic N) is 2. The van der Waals surface area contributed by atoms with Crippen LogP contribution in [0.4, 0.5) is 0 Å². The average Bonchev–Trinajstić information content (AvgIpc) is 3.36. The number of morpholine rings is 1. The molecule has 27 heavy (non-hydrogen) atoms. The second-order valence-corrected chi connectivity index (χ2v) is 7.54. The van der Waals surface area contributed by atoms with Gasteiger partial charge in [-0.2, -0.15) is 0 Å².